The fourth-order valence-electron chi connectivity index (χ4n) is 2.53. The van der Waals surface area contributed by atoms with Gasteiger partial charge in [0.25, 0.3) is 5.69 Å². The van der Waals surface area contributed by atoms with Crippen molar-refractivity contribution in [3.05, 3.63) is 57.3 Å². The number of benzene rings is 1. The van der Waals surface area contributed by atoms with E-state index in [1.165, 1.54) is 12.3 Å². The van der Waals surface area contributed by atoms with Gasteiger partial charge in [0.15, 0.2) is 0 Å². The standard InChI is InChI=1S/C17H20N4O3/c1-11-6-5-7-12(2)16(11)19-15(22)10-20(4)17-13(3)8-14(9-18-17)21(23)24/h5-9H,10H2,1-4H3,(H,19,22). The molecule has 0 spiro atoms. The van der Waals surface area contributed by atoms with Crippen molar-refractivity contribution >= 4 is 23.1 Å². The average molecular weight is 328 g/mol. The van der Waals surface area contributed by atoms with Crippen LogP contribution in [0.2, 0.25) is 0 Å². The molecule has 7 heteroatoms. The van der Waals surface area contributed by atoms with E-state index in [4.69, 9.17) is 0 Å². The van der Waals surface area contributed by atoms with E-state index < -0.39 is 4.92 Å². The van der Waals surface area contributed by atoms with Gasteiger partial charge in [0.1, 0.15) is 12.0 Å². The average Bonchev–Trinajstić information content (AvgIpc) is 2.50. The van der Waals surface area contributed by atoms with Crippen molar-refractivity contribution in [2.24, 2.45) is 0 Å². The maximum Gasteiger partial charge on any atom is 0.287 e. The molecule has 0 saturated heterocycles. The van der Waals surface area contributed by atoms with Crippen LogP contribution in [0.25, 0.3) is 0 Å². The molecule has 0 atom stereocenters. The predicted molar refractivity (Wildman–Crippen MR) is 93.4 cm³/mol. The molecule has 2 aromatic rings. The molecule has 24 heavy (non-hydrogen) atoms. The van der Waals surface area contributed by atoms with Gasteiger partial charge >= 0.3 is 0 Å². The quantitative estimate of drug-likeness (QED) is 0.673. The maximum atomic E-state index is 12.3. The monoisotopic (exact) mass is 328 g/mol. The normalized spacial score (nSPS) is 10.3. The number of aromatic nitrogens is 1. The number of aryl methyl sites for hydroxylation is 3. The lowest BCUT2D eigenvalue weighted by Crippen LogP contribution is -2.31. The molecule has 7 nitrogen and oxygen atoms in total. The molecule has 1 N–H and O–H groups in total. The number of carbonyl (C=O) groups is 1. The highest BCUT2D eigenvalue weighted by Gasteiger charge is 2.15. The molecule has 0 aliphatic heterocycles. The van der Waals surface area contributed by atoms with Crippen LogP contribution < -0.4 is 10.2 Å². The fourth-order valence-corrected chi connectivity index (χ4v) is 2.53. The Morgan fingerprint density at radius 2 is 1.88 bits per heavy atom. The number of nitrogens with one attached hydrogen (secondary N) is 1. The molecule has 1 aromatic carbocycles. The first-order valence-electron chi connectivity index (χ1n) is 7.48. The van der Waals surface area contributed by atoms with Gasteiger partial charge in [0.05, 0.1) is 11.5 Å². The SMILES string of the molecule is Cc1cc([N+](=O)[O-])cnc1N(C)CC(=O)Nc1c(C)cccc1C. The van der Waals surface area contributed by atoms with Crippen LogP contribution in [-0.2, 0) is 4.79 Å². The largest absolute Gasteiger partial charge is 0.350 e. The second kappa shape index (κ2) is 7.08. The maximum absolute atomic E-state index is 12.3. The number of carbonyl (C=O) groups excluding carboxylic acids is 1. The minimum absolute atomic E-state index is 0.0652. The third-order valence-electron chi connectivity index (χ3n) is 3.73. The van der Waals surface area contributed by atoms with Crippen LogP contribution in [0.15, 0.2) is 30.5 Å². The van der Waals surface area contributed by atoms with E-state index in [1.807, 2.05) is 32.0 Å². The van der Waals surface area contributed by atoms with E-state index in [9.17, 15) is 14.9 Å². The summed E-state index contributed by atoms with van der Waals surface area (Å²) < 4.78 is 0. The first-order valence-corrected chi connectivity index (χ1v) is 7.48. The fraction of sp³-hybridized carbons (Fsp3) is 0.294. The van der Waals surface area contributed by atoms with Crippen molar-refractivity contribution in [3.8, 4) is 0 Å². The molecule has 0 unspecified atom stereocenters. The Morgan fingerprint density at radius 3 is 2.42 bits per heavy atom. The molecule has 1 aromatic heterocycles. The van der Waals surface area contributed by atoms with Gasteiger partial charge in [-0.05, 0) is 37.5 Å². The van der Waals surface area contributed by atoms with Crippen LogP contribution in [0.4, 0.5) is 17.2 Å². The summed E-state index contributed by atoms with van der Waals surface area (Å²) in [7, 11) is 1.73. The molecule has 2 rings (SSSR count). The predicted octanol–water partition coefficient (Wildman–Crippen LogP) is 2.99. The summed E-state index contributed by atoms with van der Waals surface area (Å²) in [6, 6.07) is 7.27. The number of hydrogen-bond acceptors (Lipinski definition) is 5. The molecule has 1 amide bonds. The zero-order chi connectivity index (χ0) is 17.9. The summed E-state index contributed by atoms with van der Waals surface area (Å²) in [6.07, 6.45) is 1.20. The Labute approximate surface area is 140 Å². The second-order valence-corrected chi connectivity index (χ2v) is 5.76. The lowest BCUT2D eigenvalue weighted by molar-refractivity contribution is -0.385. The summed E-state index contributed by atoms with van der Waals surface area (Å²) >= 11 is 0. The Hall–Kier alpha value is -2.96. The molecule has 1 heterocycles. The van der Waals surface area contributed by atoms with Crippen LogP contribution in [-0.4, -0.2) is 29.4 Å². The Morgan fingerprint density at radius 1 is 1.25 bits per heavy atom. The van der Waals surface area contributed by atoms with E-state index in [2.05, 4.69) is 10.3 Å². The van der Waals surface area contributed by atoms with Gasteiger partial charge < -0.3 is 10.2 Å². The van der Waals surface area contributed by atoms with Crippen LogP contribution in [0.1, 0.15) is 16.7 Å². The van der Waals surface area contributed by atoms with E-state index in [1.54, 1.807) is 18.9 Å². The number of hydrogen-bond donors (Lipinski definition) is 1. The van der Waals surface area contributed by atoms with Crippen molar-refractivity contribution < 1.29 is 9.72 Å². The van der Waals surface area contributed by atoms with Crippen LogP contribution >= 0.6 is 0 Å². The van der Waals surface area contributed by atoms with Gasteiger partial charge in [-0.15, -0.1) is 0 Å². The highest BCUT2D eigenvalue weighted by molar-refractivity contribution is 5.95. The smallest absolute Gasteiger partial charge is 0.287 e. The Balaban J connectivity index is 2.10. The number of nitrogens with zero attached hydrogens (tertiary/aromatic N) is 3. The van der Waals surface area contributed by atoms with Gasteiger partial charge in [-0.2, -0.15) is 0 Å². The zero-order valence-corrected chi connectivity index (χ0v) is 14.2. The van der Waals surface area contributed by atoms with Crippen molar-refractivity contribution in [2.75, 3.05) is 23.8 Å². The molecule has 126 valence electrons. The van der Waals surface area contributed by atoms with E-state index in [0.29, 0.717) is 11.4 Å². The molecular formula is C17H20N4O3. The van der Waals surface area contributed by atoms with Gasteiger partial charge in [-0.3, -0.25) is 14.9 Å². The molecule has 0 saturated carbocycles. The summed E-state index contributed by atoms with van der Waals surface area (Å²) in [4.78, 5) is 28.3. The Kier molecular flexibility index (Phi) is 5.13. The summed E-state index contributed by atoms with van der Waals surface area (Å²) in [5, 5.41) is 13.7. The molecule has 0 fully saturated rings. The van der Waals surface area contributed by atoms with Gasteiger partial charge in [-0.1, -0.05) is 18.2 Å². The first-order chi connectivity index (χ1) is 11.3. The third-order valence-corrected chi connectivity index (χ3v) is 3.73. The highest BCUT2D eigenvalue weighted by Crippen LogP contribution is 2.22. The minimum atomic E-state index is -0.489. The minimum Gasteiger partial charge on any atom is -0.350 e. The molecule has 0 bridgehead atoms. The number of anilines is 2. The number of likely N-dealkylation sites (N-methyl/N-ethyl adjacent to an activating group) is 1. The van der Waals surface area contributed by atoms with E-state index >= 15 is 0 Å². The number of pyridine rings is 1. The van der Waals surface area contributed by atoms with E-state index in [-0.39, 0.29) is 18.1 Å². The molecule has 0 radical (unpaired) electrons. The summed E-state index contributed by atoms with van der Waals surface area (Å²) in [6.45, 7) is 5.71. The van der Waals surface area contributed by atoms with Crippen LogP contribution in [0.5, 0.6) is 0 Å². The number of nitro groups is 1. The lowest BCUT2D eigenvalue weighted by Gasteiger charge is -2.20. The molecule has 0 aliphatic rings. The second-order valence-electron chi connectivity index (χ2n) is 5.76. The third kappa shape index (κ3) is 3.87. The van der Waals surface area contributed by atoms with Crippen molar-refractivity contribution in [1.29, 1.82) is 0 Å². The van der Waals surface area contributed by atoms with Gasteiger partial charge in [0, 0.05) is 18.8 Å². The van der Waals surface area contributed by atoms with E-state index in [0.717, 1.165) is 16.8 Å². The highest BCUT2D eigenvalue weighted by atomic mass is 16.6. The van der Waals surface area contributed by atoms with Crippen LogP contribution in [0.3, 0.4) is 0 Å². The Bertz CT molecular complexity index is 769. The van der Waals surface area contributed by atoms with Crippen molar-refractivity contribution in [2.45, 2.75) is 20.8 Å². The molecular weight excluding hydrogens is 308 g/mol. The van der Waals surface area contributed by atoms with Gasteiger partial charge in [0.2, 0.25) is 5.91 Å². The summed E-state index contributed by atoms with van der Waals surface area (Å²) in [5.41, 5.74) is 3.38. The van der Waals surface area contributed by atoms with Gasteiger partial charge in [-0.25, -0.2) is 4.98 Å². The topological polar surface area (TPSA) is 88.4 Å². The lowest BCUT2D eigenvalue weighted by atomic mass is 10.1. The zero-order valence-electron chi connectivity index (χ0n) is 14.2. The van der Waals surface area contributed by atoms with Crippen LogP contribution in [0, 0.1) is 30.9 Å². The number of rotatable bonds is 5. The number of para-hydroxylation sites is 1. The summed E-state index contributed by atoms with van der Waals surface area (Å²) in [5.74, 6) is 0.367. The first kappa shape index (κ1) is 17.4. The molecule has 0 aliphatic carbocycles. The van der Waals surface area contributed by atoms with Crippen molar-refractivity contribution in [3.63, 3.8) is 0 Å². The van der Waals surface area contributed by atoms with Crippen molar-refractivity contribution in [1.82, 2.24) is 4.98 Å². The number of amides is 1.